The molecule has 0 aliphatic rings. The molecule has 3 nitrogen and oxygen atoms in total. The first-order valence-corrected chi connectivity index (χ1v) is 5.77. The van der Waals surface area contributed by atoms with Crippen LogP contribution in [0.1, 0.15) is 0 Å². The normalized spacial score (nSPS) is 14.7. The molecule has 0 radical (unpaired) electrons. The Labute approximate surface area is 78.9 Å². The fourth-order valence-electron chi connectivity index (χ4n) is 1.03. The molecule has 1 atom stereocenters. The van der Waals surface area contributed by atoms with Crippen molar-refractivity contribution in [2.24, 2.45) is 4.36 Å². The van der Waals surface area contributed by atoms with Gasteiger partial charge in [-0.05, 0) is 12.1 Å². The van der Waals surface area contributed by atoms with E-state index in [1.54, 1.807) is 32.5 Å². The summed E-state index contributed by atoms with van der Waals surface area (Å²) in [4.78, 5) is 0.653. The molecular weight excluding hydrogens is 186 g/mol. The molecule has 0 fully saturated rings. The summed E-state index contributed by atoms with van der Waals surface area (Å²) in [7, 11) is 0.819. The van der Waals surface area contributed by atoms with Gasteiger partial charge in [0.2, 0.25) is 0 Å². The minimum absolute atomic E-state index is 0.626. The zero-order chi connectivity index (χ0) is 9.90. The lowest BCUT2D eigenvalue weighted by Gasteiger charge is -2.08. The van der Waals surface area contributed by atoms with Crippen LogP contribution in [0.15, 0.2) is 33.5 Å². The van der Waals surface area contributed by atoms with Crippen LogP contribution in [0, 0.1) is 0 Å². The second-order valence-corrected chi connectivity index (χ2v) is 5.05. The fourth-order valence-corrected chi connectivity index (χ4v) is 2.08. The van der Waals surface area contributed by atoms with Crippen LogP contribution in [0.4, 0.5) is 0 Å². The smallest absolute Gasteiger partial charge is 0.135 e. The summed E-state index contributed by atoms with van der Waals surface area (Å²) < 4.78 is 20.8. The first-order chi connectivity index (χ1) is 6.11. The number of hydrogen-bond acceptors (Lipinski definition) is 3. The van der Waals surface area contributed by atoms with E-state index in [-0.39, 0.29) is 0 Å². The minimum atomic E-state index is -2.29. The molecule has 1 aromatic rings. The first kappa shape index (κ1) is 10.1. The molecule has 0 amide bonds. The number of methoxy groups -OCH3 is 1. The number of benzene rings is 1. The molecule has 13 heavy (non-hydrogen) atoms. The maximum Gasteiger partial charge on any atom is 0.135 e. The molecule has 1 unspecified atom stereocenters. The zero-order valence-electron chi connectivity index (χ0n) is 7.98. The Bertz CT molecular complexity index is 406. The molecule has 1 rings (SSSR count). The number of hydrogen-bond donors (Lipinski definition) is 0. The summed E-state index contributed by atoms with van der Waals surface area (Å²) in [6.07, 6.45) is 1.60. The van der Waals surface area contributed by atoms with E-state index in [4.69, 9.17) is 4.74 Å². The van der Waals surface area contributed by atoms with Gasteiger partial charge in [-0.15, -0.1) is 0 Å². The molecule has 1 aromatic carbocycles. The van der Waals surface area contributed by atoms with E-state index in [1.165, 1.54) is 0 Å². The number of rotatable bonds is 2. The lowest BCUT2D eigenvalue weighted by molar-refractivity contribution is 0.404. The Morgan fingerprint density at radius 1 is 1.38 bits per heavy atom. The molecule has 0 aliphatic carbocycles. The Morgan fingerprint density at radius 3 is 2.54 bits per heavy atom. The molecule has 0 saturated heterocycles. The fraction of sp³-hybridized carbons (Fsp3) is 0.333. The van der Waals surface area contributed by atoms with Crippen molar-refractivity contribution in [2.75, 3.05) is 20.4 Å². The standard InChI is InChI=1S/C9H13NO2S/c1-10-13(3,11)9-7-5-4-6-8(9)12-2/h4-7H,1-3H3. The van der Waals surface area contributed by atoms with Gasteiger partial charge in [-0.2, -0.15) is 0 Å². The highest BCUT2D eigenvalue weighted by Crippen LogP contribution is 2.23. The SMILES string of the molecule is CN=S(C)(=O)c1ccccc1OC. The molecule has 72 valence electrons. The third kappa shape index (κ3) is 2.01. The highest BCUT2D eigenvalue weighted by Gasteiger charge is 2.09. The lowest BCUT2D eigenvalue weighted by Crippen LogP contribution is -1.99. The van der Waals surface area contributed by atoms with Gasteiger partial charge >= 0.3 is 0 Å². The minimum Gasteiger partial charge on any atom is -0.495 e. The van der Waals surface area contributed by atoms with Crippen LogP contribution < -0.4 is 4.74 Å². The van der Waals surface area contributed by atoms with E-state index < -0.39 is 9.73 Å². The van der Waals surface area contributed by atoms with Gasteiger partial charge in [-0.1, -0.05) is 12.1 Å². The van der Waals surface area contributed by atoms with E-state index in [2.05, 4.69) is 4.36 Å². The van der Waals surface area contributed by atoms with Crippen molar-refractivity contribution in [2.45, 2.75) is 4.90 Å². The van der Waals surface area contributed by atoms with E-state index in [0.717, 1.165) is 0 Å². The first-order valence-electron chi connectivity index (χ1n) is 3.85. The molecule has 0 bridgehead atoms. The highest BCUT2D eigenvalue weighted by molar-refractivity contribution is 7.93. The Kier molecular flexibility index (Phi) is 2.93. The van der Waals surface area contributed by atoms with Crippen molar-refractivity contribution >= 4 is 9.73 Å². The molecule has 0 heterocycles. The summed E-state index contributed by atoms with van der Waals surface area (Å²) in [6.45, 7) is 0. The maximum atomic E-state index is 11.9. The van der Waals surface area contributed by atoms with E-state index in [9.17, 15) is 4.21 Å². The topological polar surface area (TPSA) is 38.7 Å². The van der Waals surface area contributed by atoms with Gasteiger partial charge in [0.25, 0.3) is 0 Å². The van der Waals surface area contributed by atoms with Crippen LogP contribution in [0.5, 0.6) is 5.75 Å². The molecule has 0 aromatic heterocycles. The predicted molar refractivity (Wildman–Crippen MR) is 53.7 cm³/mol. The third-order valence-corrected chi connectivity index (χ3v) is 3.68. The Balaban J connectivity index is 3.38. The number of ether oxygens (including phenoxy) is 1. The van der Waals surface area contributed by atoms with Gasteiger partial charge in [0.05, 0.1) is 21.7 Å². The van der Waals surface area contributed by atoms with Crippen molar-refractivity contribution in [1.82, 2.24) is 0 Å². The van der Waals surface area contributed by atoms with Crippen molar-refractivity contribution < 1.29 is 8.95 Å². The third-order valence-electron chi connectivity index (χ3n) is 1.83. The van der Waals surface area contributed by atoms with Crippen molar-refractivity contribution in [3.8, 4) is 5.75 Å². The van der Waals surface area contributed by atoms with Gasteiger partial charge in [0.15, 0.2) is 0 Å². The average Bonchev–Trinajstić information content (AvgIpc) is 2.18. The predicted octanol–water partition coefficient (Wildman–Crippen LogP) is 1.78. The molecule has 4 heteroatoms. The molecule has 0 aliphatic heterocycles. The average molecular weight is 199 g/mol. The van der Waals surface area contributed by atoms with Crippen LogP contribution in [-0.4, -0.2) is 24.6 Å². The van der Waals surface area contributed by atoms with Crippen LogP contribution in [0.25, 0.3) is 0 Å². The summed E-state index contributed by atoms with van der Waals surface area (Å²) in [5.41, 5.74) is 0. The van der Waals surface area contributed by atoms with Gasteiger partial charge in [-0.3, -0.25) is 0 Å². The van der Waals surface area contributed by atoms with Gasteiger partial charge < -0.3 is 4.74 Å². The number of nitrogens with zero attached hydrogens (tertiary/aromatic N) is 1. The van der Waals surface area contributed by atoms with Gasteiger partial charge in [0.1, 0.15) is 5.75 Å². The second-order valence-electron chi connectivity index (χ2n) is 2.64. The van der Waals surface area contributed by atoms with E-state index >= 15 is 0 Å². The summed E-state index contributed by atoms with van der Waals surface area (Å²) in [5, 5.41) is 0. The van der Waals surface area contributed by atoms with Gasteiger partial charge in [-0.25, -0.2) is 8.57 Å². The summed E-state index contributed by atoms with van der Waals surface area (Å²) in [6, 6.07) is 7.22. The van der Waals surface area contributed by atoms with Crippen LogP contribution in [0.2, 0.25) is 0 Å². The van der Waals surface area contributed by atoms with Crippen molar-refractivity contribution in [1.29, 1.82) is 0 Å². The lowest BCUT2D eigenvalue weighted by atomic mass is 10.3. The van der Waals surface area contributed by atoms with Gasteiger partial charge in [0, 0.05) is 13.3 Å². The summed E-state index contributed by atoms with van der Waals surface area (Å²) in [5.74, 6) is 0.626. The van der Waals surface area contributed by atoms with Crippen LogP contribution in [0.3, 0.4) is 0 Å². The molecule has 0 saturated carbocycles. The molecular formula is C9H13NO2S. The van der Waals surface area contributed by atoms with Crippen LogP contribution in [-0.2, 0) is 9.73 Å². The Morgan fingerprint density at radius 2 is 2.00 bits per heavy atom. The number of para-hydroxylation sites is 1. The molecule has 0 N–H and O–H groups in total. The molecule has 0 spiro atoms. The zero-order valence-corrected chi connectivity index (χ0v) is 8.80. The van der Waals surface area contributed by atoms with E-state index in [1.807, 2.05) is 12.1 Å². The quantitative estimate of drug-likeness (QED) is 0.728. The van der Waals surface area contributed by atoms with Crippen molar-refractivity contribution in [3.63, 3.8) is 0 Å². The van der Waals surface area contributed by atoms with Crippen molar-refractivity contribution in [3.05, 3.63) is 24.3 Å². The maximum absolute atomic E-state index is 11.9. The monoisotopic (exact) mass is 199 g/mol. The highest BCUT2D eigenvalue weighted by atomic mass is 32.2. The largest absolute Gasteiger partial charge is 0.495 e. The van der Waals surface area contributed by atoms with Crippen LogP contribution >= 0.6 is 0 Å². The Hall–Kier alpha value is -1.03. The summed E-state index contributed by atoms with van der Waals surface area (Å²) >= 11 is 0. The van der Waals surface area contributed by atoms with E-state index in [0.29, 0.717) is 10.6 Å². The second kappa shape index (κ2) is 3.79.